The molecule has 0 bridgehead atoms. The number of aromatic nitrogens is 2. The van der Waals surface area contributed by atoms with Crippen molar-refractivity contribution in [2.75, 3.05) is 0 Å². The number of nitro groups is 1. The first-order chi connectivity index (χ1) is 17.3. The molecule has 36 heavy (non-hydrogen) atoms. The second kappa shape index (κ2) is 10.6. The van der Waals surface area contributed by atoms with Crippen molar-refractivity contribution in [2.45, 2.75) is 6.04 Å². The fraction of sp³-hybridized carbons (Fsp3) is 0.0417. The lowest BCUT2D eigenvalue weighted by molar-refractivity contribution is -0.384. The minimum atomic E-state index is -1.35. The lowest BCUT2D eigenvalue weighted by atomic mass is 10.0. The van der Waals surface area contributed by atoms with Crippen LogP contribution >= 0.6 is 11.6 Å². The standard InChI is InChI=1S/C24H17ClN6O5/c25-19-11-10-16(31(35)36)12-15(19)13-26-29-24(34)21(27-22(32)14-6-2-1-3-7-14)20-17-8-4-5-9-18(17)23(33)30-28-20/h1-13,21H,(H,27,32)(H,29,34)(H,30,33)/b26-13-/t21-/m0/s1. The largest absolute Gasteiger partial charge is 0.335 e. The molecule has 0 saturated heterocycles. The van der Waals surface area contributed by atoms with Crippen LogP contribution in [0.2, 0.25) is 5.02 Å². The Hall–Kier alpha value is -4.90. The van der Waals surface area contributed by atoms with Gasteiger partial charge < -0.3 is 5.32 Å². The number of benzene rings is 3. The van der Waals surface area contributed by atoms with E-state index >= 15 is 0 Å². The van der Waals surface area contributed by atoms with Crippen LogP contribution in [0.5, 0.6) is 0 Å². The van der Waals surface area contributed by atoms with Gasteiger partial charge in [0.15, 0.2) is 6.04 Å². The van der Waals surface area contributed by atoms with Crippen molar-refractivity contribution in [1.82, 2.24) is 20.9 Å². The lowest BCUT2D eigenvalue weighted by Crippen LogP contribution is -2.40. The van der Waals surface area contributed by atoms with Crippen molar-refractivity contribution < 1.29 is 14.5 Å². The first kappa shape index (κ1) is 24.2. The third-order valence-corrected chi connectivity index (χ3v) is 5.49. The molecule has 0 aliphatic carbocycles. The van der Waals surface area contributed by atoms with Gasteiger partial charge in [0, 0.05) is 33.7 Å². The Morgan fingerprint density at radius 3 is 2.47 bits per heavy atom. The second-order valence-electron chi connectivity index (χ2n) is 7.45. The molecule has 3 N–H and O–H groups in total. The van der Waals surface area contributed by atoms with E-state index in [1.807, 2.05) is 0 Å². The molecule has 11 nitrogen and oxygen atoms in total. The van der Waals surface area contributed by atoms with Crippen LogP contribution in [-0.4, -0.2) is 33.1 Å². The SMILES string of the molecule is O=C(N[C@H](C(=O)N/N=C\c1cc([N+](=O)[O-])ccc1Cl)c1n[nH]c(=O)c2ccccc12)c1ccccc1. The summed E-state index contributed by atoms with van der Waals surface area (Å²) in [6.07, 6.45) is 1.14. The highest BCUT2D eigenvalue weighted by atomic mass is 35.5. The zero-order chi connectivity index (χ0) is 25.7. The summed E-state index contributed by atoms with van der Waals surface area (Å²) in [5.74, 6) is -1.33. The molecule has 0 radical (unpaired) electrons. The first-order valence-electron chi connectivity index (χ1n) is 10.4. The van der Waals surface area contributed by atoms with E-state index in [1.165, 1.54) is 18.2 Å². The molecule has 0 aliphatic heterocycles. The van der Waals surface area contributed by atoms with E-state index in [1.54, 1.807) is 54.6 Å². The average molecular weight is 505 g/mol. The number of amides is 2. The van der Waals surface area contributed by atoms with E-state index in [0.717, 1.165) is 6.21 Å². The molecule has 0 spiro atoms. The van der Waals surface area contributed by atoms with Crippen LogP contribution in [0.25, 0.3) is 10.8 Å². The van der Waals surface area contributed by atoms with E-state index in [-0.39, 0.29) is 27.4 Å². The van der Waals surface area contributed by atoms with Crippen LogP contribution in [0, 0.1) is 10.1 Å². The summed E-state index contributed by atoms with van der Waals surface area (Å²) in [7, 11) is 0. The van der Waals surface area contributed by atoms with Crippen LogP contribution < -0.4 is 16.3 Å². The maximum absolute atomic E-state index is 13.2. The first-order valence-corrected chi connectivity index (χ1v) is 10.8. The number of aromatic amines is 1. The zero-order valence-corrected chi connectivity index (χ0v) is 19.1. The number of halogens is 1. The number of H-pyrrole nitrogens is 1. The van der Waals surface area contributed by atoms with Crippen LogP contribution in [0.1, 0.15) is 27.7 Å². The molecule has 4 aromatic rings. The molecule has 0 saturated carbocycles. The molecular weight excluding hydrogens is 488 g/mol. The molecule has 2 amide bonds. The summed E-state index contributed by atoms with van der Waals surface area (Å²) in [6, 6.07) is 17.2. The summed E-state index contributed by atoms with van der Waals surface area (Å²) in [6.45, 7) is 0. The number of nitrogens with one attached hydrogen (secondary N) is 3. The van der Waals surface area contributed by atoms with Gasteiger partial charge in [-0.1, -0.05) is 48.0 Å². The smallest absolute Gasteiger partial charge is 0.272 e. The molecule has 12 heteroatoms. The normalized spacial score (nSPS) is 11.8. The van der Waals surface area contributed by atoms with Gasteiger partial charge in [0.2, 0.25) is 0 Å². The topological polar surface area (TPSA) is 159 Å². The van der Waals surface area contributed by atoms with E-state index in [2.05, 4.69) is 26.0 Å². The Kier molecular flexibility index (Phi) is 7.12. The van der Waals surface area contributed by atoms with E-state index in [0.29, 0.717) is 10.9 Å². The second-order valence-corrected chi connectivity index (χ2v) is 7.86. The van der Waals surface area contributed by atoms with Gasteiger partial charge in [0.1, 0.15) is 5.69 Å². The average Bonchev–Trinajstić information content (AvgIpc) is 2.89. The minimum absolute atomic E-state index is 0.0931. The Bertz CT molecular complexity index is 1550. The van der Waals surface area contributed by atoms with E-state index in [9.17, 15) is 24.5 Å². The van der Waals surface area contributed by atoms with Crippen molar-refractivity contribution in [3.63, 3.8) is 0 Å². The number of carbonyl (C=O) groups excluding carboxylic acids is 2. The summed E-state index contributed by atoms with van der Waals surface area (Å²) in [5, 5.41) is 24.7. The predicted octanol–water partition coefficient (Wildman–Crippen LogP) is 3.11. The maximum atomic E-state index is 13.2. The van der Waals surface area contributed by atoms with Crippen molar-refractivity contribution in [3.05, 3.63) is 115 Å². The number of rotatable bonds is 7. The van der Waals surface area contributed by atoms with Crippen molar-refractivity contribution >= 4 is 46.1 Å². The van der Waals surface area contributed by atoms with Gasteiger partial charge >= 0.3 is 0 Å². The van der Waals surface area contributed by atoms with Gasteiger partial charge in [0.05, 0.1) is 16.5 Å². The van der Waals surface area contributed by atoms with Gasteiger partial charge in [0.25, 0.3) is 23.1 Å². The fourth-order valence-corrected chi connectivity index (χ4v) is 3.56. The molecule has 0 aliphatic rings. The molecule has 1 heterocycles. The number of hydrogen-bond donors (Lipinski definition) is 3. The van der Waals surface area contributed by atoms with Crippen LogP contribution in [0.3, 0.4) is 0 Å². The number of non-ortho nitro benzene ring substituents is 1. The van der Waals surface area contributed by atoms with Crippen LogP contribution in [0.4, 0.5) is 5.69 Å². The number of fused-ring (bicyclic) bond motifs is 1. The van der Waals surface area contributed by atoms with Gasteiger partial charge in [-0.25, -0.2) is 10.5 Å². The summed E-state index contributed by atoms with van der Waals surface area (Å²) < 4.78 is 0. The minimum Gasteiger partial charge on any atom is -0.335 e. The Balaban J connectivity index is 1.67. The van der Waals surface area contributed by atoms with Crippen molar-refractivity contribution in [2.24, 2.45) is 5.10 Å². The number of hydrazone groups is 1. The van der Waals surface area contributed by atoms with Gasteiger partial charge in [-0.2, -0.15) is 10.2 Å². The molecule has 0 fully saturated rings. The maximum Gasteiger partial charge on any atom is 0.272 e. The molecule has 1 atom stereocenters. The summed E-state index contributed by atoms with van der Waals surface area (Å²) in [4.78, 5) is 48.7. The molecule has 0 unspecified atom stereocenters. The van der Waals surface area contributed by atoms with Crippen molar-refractivity contribution in [3.8, 4) is 0 Å². The fourth-order valence-electron chi connectivity index (χ4n) is 3.39. The third-order valence-electron chi connectivity index (χ3n) is 5.14. The molecule has 3 aromatic carbocycles. The monoisotopic (exact) mass is 504 g/mol. The molecule has 4 rings (SSSR count). The number of nitro benzene ring substituents is 1. The highest BCUT2D eigenvalue weighted by molar-refractivity contribution is 6.33. The Morgan fingerprint density at radius 1 is 1.06 bits per heavy atom. The van der Waals surface area contributed by atoms with Crippen LogP contribution in [0.15, 0.2) is 82.7 Å². The number of nitrogens with zero attached hydrogens (tertiary/aromatic N) is 3. The summed E-state index contributed by atoms with van der Waals surface area (Å²) in [5.41, 5.74) is 2.23. The van der Waals surface area contributed by atoms with Gasteiger partial charge in [-0.15, -0.1) is 0 Å². The highest BCUT2D eigenvalue weighted by Gasteiger charge is 2.27. The van der Waals surface area contributed by atoms with E-state index < -0.39 is 28.3 Å². The third kappa shape index (κ3) is 5.26. The summed E-state index contributed by atoms with van der Waals surface area (Å²) >= 11 is 6.06. The molecule has 1 aromatic heterocycles. The molecular formula is C24H17ClN6O5. The number of carbonyl (C=O) groups is 2. The zero-order valence-electron chi connectivity index (χ0n) is 18.3. The van der Waals surface area contributed by atoms with Gasteiger partial charge in [-0.05, 0) is 24.3 Å². The van der Waals surface area contributed by atoms with Crippen molar-refractivity contribution in [1.29, 1.82) is 0 Å². The Morgan fingerprint density at radius 2 is 1.75 bits per heavy atom. The number of hydrogen-bond acceptors (Lipinski definition) is 7. The van der Waals surface area contributed by atoms with E-state index in [4.69, 9.17) is 11.6 Å². The quantitative estimate of drug-likeness (QED) is 0.199. The van der Waals surface area contributed by atoms with Crippen LogP contribution in [-0.2, 0) is 4.79 Å². The molecule has 180 valence electrons. The Labute approximate surface area is 208 Å². The lowest BCUT2D eigenvalue weighted by Gasteiger charge is -2.18. The van der Waals surface area contributed by atoms with Gasteiger partial charge in [-0.3, -0.25) is 24.5 Å². The predicted molar refractivity (Wildman–Crippen MR) is 133 cm³/mol. The highest BCUT2D eigenvalue weighted by Crippen LogP contribution is 2.22.